The summed E-state index contributed by atoms with van der Waals surface area (Å²) >= 11 is 0. The fourth-order valence-electron chi connectivity index (χ4n) is 0.820. The van der Waals surface area contributed by atoms with Gasteiger partial charge in [0.05, 0.1) is 0 Å². The van der Waals surface area contributed by atoms with E-state index in [2.05, 4.69) is 11.0 Å². The maximum atomic E-state index is 3.05. The largest absolute Gasteiger partial charge is 0.243 e. The molecule has 2 N–H and O–H groups in total. The Hall–Kier alpha value is -0.160. The maximum Gasteiger partial charge on any atom is 0.0316 e. The van der Waals surface area contributed by atoms with Gasteiger partial charge in [-0.2, -0.15) is 10.7 Å². The summed E-state index contributed by atoms with van der Waals surface area (Å²) in [4.78, 5) is 0. The van der Waals surface area contributed by atoms with E-state index in [9.17, 15) is 0 Å². The van der Waals surface area contributed by atoms with Crippen molar-refractivity contribution in [2.75, 3.05) is 27.2 Å². The molecule has 1 aliphatic rings. The molecule has 0 amide bonds. The maximum absolute atomic E-state index is 3.05. The van der Waals surface area contributed by atoms with Gasteiger partial charge < -0.3 is 0 Å². The molecule has 0 spiro atoms. The average molecular weight is 130 g/mol. The summed E-state index contributed by atoms with van der Waals surface area (Å²) in [5, 5.41) is 4.05. The third kappa shape index (κ3) is 1.91. The smallest absolute Gasteiger partial charge is 0.0316 e. The third-order valence-electron chi connectivity index (χ3n) is 1.36. The summed E-state index contributed by atoms with van der Waals surface area (Å²) < 4.78 is 0. The predicted molar refractivity (Wildman–Crippen MR) is 36.1 cm³/mol. The van der Waals surface area contributed by atoms with Crippen LogP contribution in [0.3, 0.4) is 0 Å². The fourth-order valence-corrected chi connectivity index (χ4v) is 0.820. The molecule has 0 aromatic rings. The van der Waals surface area contributed by atoms with E-state index >= 15 is 0 Å². The molecule has 0 saturated carbocycles. The standard InChI is InChI=1S/C5H14N4/c1-8(2)9-5-3-4-6-7-9/h6-7H,3-5H2,1-2H3. The van der Waals surface area contributed by atoms with Crippen molar-refractivity contribution in [3.05, 3.63) is 0 Å². The molecule has 4 nitrogen and oxygen atoms in total. The number of hydrazine groups is 3. The molecule has 1 fully saturated rings. The van der Waals surface area contributed by atoms with Gasteiger partial charge >= 0.3 is 0 Å². The van der Waals surface area contributed by atoms with Crippen molar-refractivity contribution in [1.29, 1.82) is 0 Å². The van der Waals surface area contributed by atoms with Gasteiger partial charge in [0.2, 0.25) is 0 Å². The molecular formula is C5H14N4. The zero-order valence-electron chi connectivity index (χ0n) is 6.02. The lowest BCUT2D eigenvalue weighted by Gasteiger charge is -2.32. The van der Waals surface area contributed by atoms with Crippen molar-refractivity contribution >= 4 is 0 Å². The van der Waals surface area contributed by atoms with Crippen LogP contribution >= 0.6 is 0 Å². The molecule has 54 valence electrons. The van der Waals surface area contributed by atoms with Crippen LogP contribution in [0.1, 0.15) is 6.42 Å². The normalized spacial score (nSPS) is 23.0. The van der Waals surface area contributed by atoms with Gasteiger partial charge in [0.15, 0.2) is 0 Å². The number of hydrogen-bond donors (Lipinski definition) is 2. The fraction of sp³-hybridized carbons (Fsp3) is 1.00. The Morgan fingerprint density at radius 2 is 2.22 bits per heavy atom. The topological polar surface area (TPSA) is 30.5 Å². The Morgan fingerprint density at radius 3 is 2.56 bits per heavy atom. The first kappa shape index (κ1) is 6.95. The number of nitrogens with zero attached hydrogens (tertiary/aromatic N) is 2. The zero-order chi connectivity index (χ0) is 6.69. The van der Waals surface area contributed by atoms with Gasteiger partial charge in [0, 0.05) is 27.2 Å². The van der Waals surface area contributed by atoms with Crippen LogP contribution in [0.4, 0.5) is 0 Å². The Balaban J connectivity index is 2.23. The molecule has 9 heavy (non-hydrogen) atoms. The van der Waals surface area contributed by atoms with E-state index < -0.39 is 0 Å². The molecule has 1 aliphatic heterocycles. The molecule has 1 rings (SSSR count). The van der Waals surface area contributed by atoms with Crippen molar-refractivity contribution in [3.8, 4) is 0 Å². The molecule has 0 aromatic carbocycles. The monoisotopic (exact) mass is 130 g/mol. The van der Waals surface area contributed by atoms with Crippen molar-refractivity contribution in [3.63, 3.8) is 0 Å². The number of nitrogens with one attached hydrogen (secondary N) is 2. The highest BCUT2D eigenvalue weighted by Crippen LogP contribution is 1.91. The minimum absolute atomic E-state index is 1.06. The second-order valence-electron chi connectivity index (χ2n) is 2.36. The number of rotatable bonds is 1. The Labute approximate surface area is 55.7 Å². The van der Waals surface area contributed by atoms with Gasteiger partial charge in [-0.25, -0.2) is 10.4 Å². The van der Waals surface area contributed by atoms with Crippen LogP contribution < -0.4 is 11.0 Å². The Kier molecular flexibility index (Phi) is 2.41. The second kappa shape index (κ2) is 3.12. The van der Waals surface area contributed by atoms with Crippen LogP contribution in [-0.4, -0.2) is 37.3 Å². The average Bonchev–Trinajstić information content (AvgIpc) is 1.90. The summed E-state index contributed by atoms with van der Waals surface area (Å²) in [6.07, 6.45) is 1.20. The first-order chi connectivity index (χ1) is 4.30. The van der Waals surface area contributed by atoms with E-state index in [1.54, 1.807) is 0 Å². The molecule has 0 aliphatic carbocycles. The molecular weight excluding hydrogens is 116 g/mol. The predicted octanol–water partition coefficient (Wildman–Crippen LogP) is -0.822. The van der Waals surface area contributed by atoms with E-state index in [0.29, 0.717) is 0 Å². The summed E-state index contributed by atoms with van der Waals surface area (Å²) in [7, 11) is 4.03. The molecule has 0 radical (unpaired) electrons. The van der Waals surface area contributed by atoms with Crippen molar-refractivity contribution in [2.24, 2.45) is 0 Å². The van der Waals surface area contributed by atoms with Crippen LogP contribution in [0.2, 0.25) is 0 Å². The van der Waals surface area contributed by atoms with Gasteiger partial charge in [-0.15, -0.1) is 0 Å². The van der Waals surface area contributed by atoms with Crippen LogP contribution in [0, 0.1) is 0 Å². The molecule has 1 heterocycles. The van der Waals surface area contributed by atoms with Gasteiger partial charge in [0.25, 0.3) is 0 Å². The summed E-state index contributed by atoms with van der Waals surface area (Å²) in [5.74, 6) is 0. The minimum Gasteiger partial charge on any atom is -0.243 e. The molecule has 4 heteroatoms. The molecule has 0 atom stereocenters. The van der Waals surface area contributed by atoms with Crippen molar-refractivity contribution < 1.29 is 0 Å². The Bertz CT molecular complexity index is 77.0. The molecule has 0 unspecified atom stereocenters. The highest BCUT2D eigenvalue weighted by Gasteiger charge is 2.08. The number of hydrogen-bond acceptors (Lipinski definition) is 4. The van der Waals surface area contributed by atoms with Crippen LogP contribution in [0.15, 0.2) is 0 Å². The van der Waals surface area contributed by atoms with Crippen molar-refractivity contribution in [2.45, 2.75) is 6.42 Å². The lowest BCUT2D eigenvalue weighted by molar-refractivity contribution is -0.0625. The first-order valence-electron chi connectivity index (χ1n) is 3.24. The van der Waals surface area contributed by atoms with Gasteiger partial charge in [0.1, 0.15) is 0 Å². The molecule has 0 bridgehead atoms. The van der Waals surface area contributed by atoms with Crippen LogP contribution in [-0.2, 0) is 0 Å². The summed E-state index contributed by atoms with van der Waals surface area (Å²) in [6, 6.07) is 0. The quantitative estimate of drug-likeness (QED) is 0.485. The van der Waals surface area contributed by atoms with Gasteiger partial charge in [-0.3, -0.25) is 0 Å². The van der Waals surface area contributed by atoms with Crippen molar-refractivity contribution in [1.82, 2.24) is 21.1 Å². The molecule has 0 aromatic heterocycles. The SMILES string of the molecule is CN(C)N1CCCNN1. The van der Waals surface area contributed by atoms with Gasteiger partial charge in [-0.1, -0.05) is 0 Å². The van der Waals surface area contributed by atoms with E-state index in [1.807, 2.05) is 24.2 Å². The van der Waals surface area contributed by atoms with Crippen LogP contribution in [0.25, 0.3) is 0 Å². The lowest BCUT2D eigenvalue weighted by Crippen LogP contribution is -2.57. The second-order valence-corrected chi connectivity index (χ2v) is 2.36. The zero-order valence-corrected chi connectivity index (χ0v) is 6.02. The van der Waals surface area contributed by atoms with E-state index in [1.165, 1.54) is 6.42 Å². The van der Waals surface area contributed by atoms with E-state index in [0.717, 1.165) is 13.1 Å². The lowest BCUT2D eigenvalue weighted by atomic mass is 10.4. The van der Waals surface area contributed by atoms with E-state index in [-0.39, 0.29) is 0 Å². The van der Waals surface area contributed by atoms with Crippen LogP contribution in [0.5, 0.6) is 0 Å². The minimum atomic E-state index is 1.06. The van der Waals surface area contributed by atoms with Gasteiger partial charge in [-0.05, 0) is 6.42 Å². The summed E-state index contributed by atoms with van der Waals surface area (Å²) in [6.45, 7) is 2.14. The summed E-state index contributed by atoms with van der Waals surface area (Å²) in [5.41, 5.74) is 6.08. The van der Waals surface area contributed by atoms with E-state index in [4.69, 9.17) is 0 Å². The highest BCUT2D eigenvalue weighted by molar-refractivity contribution is 4.52. The third-order valence-corrected chi connectivity index (χ3v) is 1.36. The highest BCUT2D eigenvalue weighted by atomic mass is 15.9. The first-order valence-corrected chi connectivity index (χ1v) is 3.24. The molecule has 1 saturated heterocycles. The Morgan fingerprint density at radius 1 is 1.44 bits per heavy atom.